The van der Waals surface area contributed by atoms with E-state index in [2.05, 4.69) is 20.8 Å². The predicted molar refractivity (Wildman–Crippen MR) is 29.8 cm³/mol. The van der Waals surface area contributed by atoms with Gasteiger partial charge in [0.15, 0.2) is 0 Å². The van der Waals surface area contributed by atoms with Crippen molar-refractivity contribution in [2.45, 2.75) is 20.8 Å². The number of hydrogen-bond acceptors (Lipinski definition) is 0. The van der Waals surface area contributed by atoms with Crippen LogP contribution in [0.4, 0.5) is 0 Å². The first-order chi connectivity index (χ1) is 2.64. The molecule has 0 bridgehead atoms. The molecule has 0 heterocycles. The Balaban J connectivity index is 3.68. The first kappa shape index (κ1) is 6.54. The monoisotopic (exact) mass is 189 g/mol. The van der Waals surface area contributed by atoms with Crippen LogP contribution in [0, 0.1) is 0 Å². The van der Waals surface area contributed by atoms with E-state index in [1.807, 2.05) is 0 Å². The molecule has 0 unspecified atom stereocenters. The Kier molecular flexibility index (Phi) is 2.91. The van der Waals surface area contributed by atoms with Gasteiger partial charge in [-0.15, -0.1) is 0 Å². The molecule has 0 saturated heterocycles. The SMILES string of the molecule is CC(C)=[C](C)[Sn]. The molecule has 0 aliphatic carbocycles. The van der Waals surface area contributed by atoms with Gasteiger partial charge in [0, 0.05) is 0 Å². The van der Waals surface area contributed by atoms with Crippen LogP contribution in [0.2, 0.25) is 0 Å². The van der Waals surface area contributed by atoms with Crippen molar-refractivity contribution in [1.82, 2.24) is 0 Å². The molecule has 0 atom stereocenters. The zero-order valence-electron chi connectivity index (χ0n) is 4.50. The Bertz CT molecular complexity index is 54.0. The third kappa shape index (κ3) is 2.76. The molecule has 0 aromatic heterocycles. The molecule has 0 amide bonds. The van der Waals surface area contributed by atoms with E-state index < -0.39 is 0 Å². The summed E-state index contributed by atoms with van der Waals surface area (Å²) in [7, 11) is 0. The minimum atomic E-state index is 1.47. The molecular weight excluding hydrogens is 179 g/mol. The molecule has 0 fully saturated rings. The molecule has 0 spiro atoms. The maximum absolute atomic E-state index is 2.16. The molecule has 6 heavy (non-hydrogen) atoms. The van der Waals surface area contributed by atoms with Crippen molar-refractivity contribution in [2.75, 3.05) is 0 Å². The molecule has 3 radical (unpaired) electrons. The van der Waals surface area contributed by atoms with Crippen LogP contribution < -0.4 is 0 Å². The van der Waals surface area contributed by atoms with Crippen LogP contribution in [0.1, 0.15) is 20.8 Å². The standard InChI is InChI=1S/C5H9.Sn/c1-4-5(2)3;/h1-3H3;. The van der Waals surface area contributed by atoms with Crippen LogP contribution in [0.5, 0.6) is 0 Å². The van der Waals surface area contributed by atoms with Crippen molar-refractivity contribution in [1.29, 1.82) is 0 Å². The van der Waals surface area contributed by atoms with Crippen LogP contribution in [-0.4, -0.2) is 22.5 Å². The maximum atomic E-state index is 2.16. The fraction of sp³-hybridized carbons (Fsp3) is 0.600. The molecule has 1 heteroatoms. The third-order valence-corrected chi connectivity index (χ3v) is 2.18. The Hall–Kier alpha value is 0.539. The summed E-state index contributed by atoms with van der Waals surface area (Å²) >= 11 is 1.55. The van der Waals surface area contributed by atoms with Gasteiger partial charge in [0.1, 0.15) is 0 Å². The van der Waals surface area contributed by atoms with Crippen LogP contribution in [0.3, 0.4) is 0 Å². The van der Waals surface area contributed by atoms with Crippen LogP contribution in [0.15, 0.2) is 9.16 Å². The molecule has 0 saturated carbocycles. The average Bonchev–Trinajstić information content (AvgIpc) is 1.36. The Morgan fingerprint density at radius 2 is 1.33 bits per heavy atom. The quantitative estimate of drug-likeness (QED) is 0.504. The first-order valence-corrected chi connectivity index (χ1v) is 3.43. The summed E-state index contributed by atoms with van der Waals surface area (Å²) in [6.07, 6.45) is 0. The topological polar surface area (TPSA) is 0 Å². The Labute approximate surface area is 52.7 Å². The molecule has 0 aliphatic rings. The summed E-state index contributed by atoms with van der Waals surface area (Å²) in [5.41, 5.74) is 1.47. The van der Waals surface area contributed by atoms with Gasteiger partial charge in [-0.3, -0.25) is 0 Å². The van der Waals surface area contributed by atoms with Gasteiger partial charge in [0.25, 0.3) is 0 Å². The van der Waals surface area contributed by atoms with Gasteiger partial charge >= 0.3 is 52.5 Å². The summed E-state index contributed by atoms with van der Waals surface area (Å²) in [5.74, 6) is 0. The summed E-state index contributed by atoms with van der Waals surface area (Å²) in [6.45, 7) is 6.45. The second-order valence-electron chi connectivity index (χ2n) is 1.62. The van der Waals surface area contributed by atoms with Gasteiger partial charge in [-0.2, -0.15) is 0 Å². The van der Waals surface area contributed by atoms with Gasteiger partial charge in [0.05, 0.1) is 0 Å². The van der Waals surface area contributed by atoms with Crippen molar-refractivity contribution in [2.24, 2.45) is 0 Å². The molecular formula is C5H9Sn. The minimum absolute atomic E-state index is 1.47. The summed E-state index contributed by atoms with van der Waals surface area (Å²) in [4.78, 5) is 0. The van der Waals surface area contributed by atoms with Crippen molar-refractivity contribution < 1.29 is 0 Å². The zero-order valence-corrected chi connectivity index (χ0v) is 7.35. The van der Waals surface area contributed by atoms with Crippen molar-refractivity contribution in [3.63, 3.8) is 0 Å². The Morgan fingerprint density at radius 3 is 1.33 bits per heavy atom. The van der Waals surface area contributed by atoms with Crippen molar-refractivity contribution in [3.05, 3.63) is 9.16 Å². The molecule has 0 rings (SSSR count). The van der Waals surface area contributed by atoms with E-state index in [4.69, 9.17) is 0 Å². The molecule has 33 valence electrons. The third-order valence-electron chi connectivity index (χ3n) is 0.750. The van der Waals surface area contributed by atoms with E-state index >= 15 is 0 Å². The van der Waals surface area contributed by atoms with E-state index in [1.54, 1.807) is 22.5 Å². The van der Waals surface area contributed by atoms with E-state index in [1.165, 1.54) is 9.16 Å². The van der Waals surface area contributed by atoms with Gasteiger partial charge in [0.2, 0.25) is 0 Å². The van der Waals surface area contributed by atoms with Crippen LogP contribution in [-0.2, 0) is 0 Å². The first-order valence-electron chi connectivity index (χ1n) is 2.00. The second kappa shape index (κ2) is 2.67. The van der Waals surface area contributed by atoms with E-state index in [0.717, 1.165) is 0 Å². The van der Waals surface area contributed by atoms with Gasteiger partial charge in [-0.25, -0.2) is 0 Å². The molecule has 0 aromatic carbocycles. The molecule has 0 N–H and O–H groups in total. The van der Waals surface area contributed by atoms with Gasteiger partial charge in [-0.1, -0.05) is 0 Å². The summed E-state index contributed by atoms with van der Waals surface area (Å²) in [5, 5.41) is 0. The zero-order chi connectivity index (χ0) is 5.15. The van der Waals surface area contributed by atoms with Crippen LogP contribution in [0.25, 0.3) is 0 Å². The second-order valence-corrected chi connectivity index (χ2v) is 3.77. The fourth-order valence-electron chi connectivity index (χ4n) is 0. The molecule has 0 aromatic rings. The predicted octanol–water partition coefficient (Wildman–Crippen LogP) is 1.47. The Morgan fingerprint density at radius 1 is 1.17 bits per heavy atom. The van der Waals surface area contributed by atoms with Gasteiger partial charge < -0.3 is 0 Å². The fourth-order valence-corrected chi connectivity index (χ4v) is 0. The van der Waals surface area contributed by atoms with E-state index in [9.17, 15) is 0 Å². The van der Waals surface area contributed by atoms with Gasteiger partial charge in [-0.05, 0) is 0 Å². The molecule has 0 aliphatic heterocycles. The number of hydrogen-bond donors (Lipinski definition) is 0. The summed E-state index contributed by atoms with van der Waals surface area (Å²) < 4.78 is 1.52. The van der Waals surface area contributed by atoms with E-state index in [0.29, 0.717) is 0 Å². The van der Waals surface area contributed by atoms with Crippen LogP contribution >= 0.6 is 0 Å². The average molecular weight is 188 g/mol. The van der Waals surface area contributed by atoms with Crippen molar-refractivity contribution >= 4 is 22.5 Å². The summed E-state index contributed by atoms with van der Waals surface area (Å²) in [6, 6.07) is 0. The van der Waals surface area contributed by atoms with Crippen molar-refractivity contribution in [3.8, 4) is 0 Å². The van der Waals surface area contributed by atoms with E-state index in [-0.39, 0.29) is 0 Å². The molecule has 0 nitrogen and oxygen atoms in total. The normalized spacial score (nSPS) is 8.00. The number of rotatable bonds is 0. The number of allylic oxidation sites excluding steroid dienone is 2.